The number of pyridine rings is 1. The van der Waals surface area contributed by atoms with E-state index in [-0.39, 0.29) is 22.5 Å². The summed E-state index contributed by atoms with van der Waals surface area (Å²) in [6.45, 7) is 1.55. The van der Waals surface area contributed by atoms with Gasteiger partial charge in [0.25, 0.3) is 10.0 Å². The van der Waals surface area contributed by atoms with Crippen LogP contribution in [-0.4, -0.2) is 28.5 Å². The van der Waals surface area contributed by atoms with Gasteiger partial charge in [0.05, 0.1) is 22.9 Å². The lowest BCUT2D eigenvalue weighted by Crippen LogP contribution is -2.15. The molecule has 1 N–H and O–H groups in total. The number of hydrogen-bond donors (Lipinski definition) is 1. The van der Waals surface area contributed by atoms with Crippen LogP contribution in [0.5, 0.6) is 0 Å². The summed E-state index contributed by atoms with van der Waals surface area (Å²) in [5.74, 6) is -1.06. The molecule has 126 valence electrons. The number of carboxylic acid groups (broad SMARTS) is 1. The van der Waals surface area contributed by atoms with Gasteiger partial charge in [0.2, 0.25) is 0 Å². The van der Waals surface area contributed by atoms with Crippen LogP contribution in [0.15, 0.2) is 47.5 Å². The van der Waals surface area contributed by atoms with E-state index in [4.69, 9.17) is 10.4 Å². The molecule has 0 aliphatic rings. The first kappa shape index (κ1) is 16.7. The van der Waals surface area contributed by atoms with Crippen LogP contribution in [0.3, 0.4) is 0 Å². The first-order chi connectivity index (χ1) is 11.9. The molecule has 0 bridgehead atoms. The van der Waals surface area contributed by atoms with Crippen LogP contribution in [0.1, 0.15) is 16.8 Å². The predicted octanol–water partition coefficient (Wildman–Crippen LogP) is 2.08. The summed E-state index contributed by atoms with van der Waals surface area (Å²) in [6, 6.07) is 10.8. The van der Waals surface area contributed by atoms with Crippen LogP contribution in [0.4, 0.5) is 0 Å². The zero-order valence-electron chi connectivity index (χ0n) is 13.2. The van der Waals surface area contributed by atoms with Gasteiger partial charge in [-0.3, -0.25) is 4.79 Å². The fourth-order valence-corrected chi connectivity index (χ4v) is 4.35. The summed E-state index contributed by atoms with van der Waals surface area (Å²) in [7, 11) is -4.03. The highest BCUT2D eigenvalue weighted by atomic mass is 32.2. The Kier molecular flexibility index (Phi) is 4.02. The minimum absolute atomic E-state index is 0.0564. The van der Waals surface area contributed by atoms with Crippen LogP contribution >= 0.6 is 0 Å². The van der Waals surface area contributed by atoms with Crippen molar-refractivity contribution in [1.29, 1.82) is 5.26 Å². The average Bonchev–Trinajstić information content (AvgIpc) is 2.87. The minimum atomic E-state index is -4.03. The summed E-state index contributed by atoms with van der Waals surface area (Å²) in [6.07, 6.45) is 1.14. The molecule has 0 fully saturated rings. The van der Waals surface area contributed by atoms with E-state index in [0.717, 1.165) is 3.97 Å². The van der Waals surface area contributed by atoms with Gasteiger partial charge in [-0.05, 0) is 42.8 Å². The molecule has 0 unspecified atom stereocenters. The quantitative estimate of drug-likeness (QED) is 0.766. The van der Waals surface area contributed by atoms with E-state index < -0.39 is 16.0 Å². The standard InChI is InChI=1S/C17H13N3O4S/c1-11-15(9-16(21)22)14-6-3-7-19-17(14)20(11)25(23,24)13-5-2-4-12(8-13)10-18/h2-8H,9H2,1H3,(H,21,22). The van der Waals surface area contributed by atoms with Crippen molar-refractivity contribution >= 4 is 27.0 Å². The smallest absolute Gasteiger partial charge is 0.307 e. The number of carbonyl (C=O) groups is 1. The Balaban J connectivity index is 2.33. The van der Waals surface area contributed by atoms with E-state index in [9.17, 15) is 13.2 Å². The molecule has 25 heavy (non-hydrogen) atoms. The molecular formula is C17H13N3O4S. The molecule has 0 aliphatic heterocycles. The third-order valence-corrected chi connectivity index (χ3v) is 5.65. The summed E-state index contributed by atoms with van der Waals surface area (Å²) in [4.78, 5) is 15.2. The lowest BCUT2D eigenvalue weighted by atomic mass is 10.1. The van der Waals surface area contributed by atoms with Gasteiger partial charge in [-0.1, -0.05) is 6.07 Å². The molecule has 3 rings (SSSR count). The number of nitriles is 1. The normalized spacial score (nSPS) is 11.4. The molecule has 0 radical (unpaired) electrons. The number of fused-ring (bicyclic) bond motifs is 1. The third kappa shape index (κ3) is 2.75. The van der Waals surface area contributed by atoms with Gasteiger partial charge in [-0.2, -0.15) is 5.26 Å². The topological polar surface area (TPSA) is 113 Å². The Morgan fingerprint density at radius 1 is 1.32 bits per heavy atom. The van der Waals surface area contributed by atoms with Crippen LogP contribution in [0.25, 0.3) is 11.0 Å². The molecule has 1 aromatic carbocycles. The van der Waals surface area contributed by atoms with E-state index in [1.807, 2.05) is 6.07 Å². The van der Waals surface area contributed by atoms with Crippen molar-refractivity contribution in [2.45, 2.75) is 18.2 Å². The van der Waals surface area contributed by atoms with Crippen LogP contribution in [-0.2, 0) is 21.2 Å². The predicted molar refractivity (Wildman–Crippen MR) is 89.6 cm³/mol. The van der Waals surface area contributed by atoms with Gasteiger partial charge in [0.15, 0.2) is 5.65 Å². The van der Waals surface area contributed by atoms with E-state index in [0.29, 0.717) is 16.6 Å². The number of aromatic nitrogens is 2. The molecule has 8 heteroatoms. The molecular weight excluding hydrogens is 342 g/mol. The van der Waals surface area contributed by atoms with Gasteiger partial charge in [-0.25, -0.2) is 17.4 Å². The first-order valence-corrected chi connectivity index (χ1v) is 8.72. The van der Waals surface area contributed by atoms with E-state index >= 15 is 0 Å². The Morgan fingerprint density at radius 2 is 2.08 bits per heavy atom. The molecule has 2 heterocycles. The van der Waals surface area contributed by atoms with Crippen molar-refractivity contribution < 1.29 is 18.3 Å². The van der Waals surface area contributed by atoms with Crippen molar-refractivity contribution in [1.82, 2.24) is 8.96 Å². The molecule has 0 saturated carbocycles. The van der Waals surface area contributed by atoms with Crippen LogP contribution in [0.2, 0.25) is 0 Å². The fraction of sp³-hybridized carbons (Fsp3) is 0.118. The maximum atomic E-state index is 13.1. The molecule has 3 aromatic rings. The van der Waals surface area contributed by atoms with Crippen LogP contribution < -0.4 is 0 Å². The zero-order chi connectivity index (χ0) is 18.2. The highest BCUT2D eigenvalue weighted by Gasteiger charge is 2.26. The monoisotopic (exact) mass is 355 g/mol. The zero-order valence-corrected chi connectivity index (χ0v) is 14.0. The second-order valence-electron chi connectivity index (χ2n) is 5.42. The SMILES string of the molecule is Cc1c(CC(=O)O)c2cccnc2n1S(=O)(=O)c1cccc(C#N)c1. The van der Waals surface area contributed by atoms with Crippen molar-refractivity contribution in [2.24, 2.45) is 0 Å². The van der Waals surface area contributed by atoms with Gasteiger partial charge < -0.3 is 5.11 Å². The minimum Gasteiger partial charge on any atom is -0.481 e. The molecule has 0 saturated heterocycles. The lowest BCUT2D eigenvalue weighted by Gasteiger charge is -2.10. The number of rotatable bonds is 4. The van der Waals surface area contributed by atoms with E-state index in [1.165, 1.54) is 30.5 Å². The molecule has 0 amide bonds. The van der Waals surface area contributed by atoms with E-state index in [1.54, 1.807) is 19.1 Å². The Hall–Kier alpha value is -3.18. The van der Waals surface area contributed by atoms with Crippen LogP contribution in [0, 0.1) is 18.3 Å². The number of aliphatic carboxylic acids is 1. The van der Waals surface area contributed by atoms with Gasteiger partial charge in [0, 0.05) is 17.3 Å². The molecule has 2 aromatic heterocycles. The van der Waals surface area contributed by atoms with E-state index in [2.05, 4.69) is 4.98 Å². The van der Waals surface area contributed by atoms with Gasteiger partial charge >= 0.3 is 5.97 Å². The van der Waals surface area contributed by atoms with Crippen molar-refractivity contribution in [3.8, 4) is 6.07 Å². The first-order valence-electron chi connectivity index (χ1n) is 7.28. The Bertz CT molecular complexity index is 1140. The third-order valence-electron chi connectivity index (χ3n) is 3.87. The maximum absolute atomic E-state index is 13.1. The Labute approximate surface area is 143 Å². The number of carboxylic acids is 1. The number of nitrogens with zero attached hydrogens (tertiary/aromatic N) is 3. The molecule has 0 atom stereocenters. The highest BCUT2D eigenvalue weighted by Crippen LogP contribution is 2.29. The van der Waals surface area contributed by atoms with Crippen molar-refractivity contribution in [3.05, 3.63) is 59.4 Å². The van der Waals surface area contributed by atoms with Gasteiger partial charge in [0.1, 0.15) is 0 Å². The summed E-state index contributed by atoms with van der Waals surface area (Å²) < 4.78 is 27.2. The second kappa shape index (κ2) is 6.03. The highest BCUT2D eigenvalue weighted by molar-refractivity contribution is 7.90. The summed E-state index contributed by atoms with van der Waals surface area (Å²) >= 11 is 0. The largest absolute Gasteiger partial charge is 0.481 e. The molecule has 0 aliphatic carbocycles. The summed E-state index contributed by atoms with van der Waals surface area (Å²) in [5.41, 5.74) is 1.07. The van der Waals surface area contributed by atoms with Crippen molar-refractivity contribution in [3.63, 3.8) is 0 Å². The number of hydrogen-bond acceptors (Lipinski definition) is 5. The van der Waals surface area contributed by atoms with Crippen molar-refractivity contribution in [2.75, 3.05) is 0 Å². The van der Waals surface area contributed by atoms with Gasteiger partial charge in [-0.15, -0.1) is 0 Å². The lowest BCUT2D eigenvalue weighted by molar-refractivity contribution is -0.136. The Morgan fingerprint density at radius 3 is 2.76 bits per heavy atom. The maximum Gasteiger partial charge on any atom is 0.307 e. The summed E-state index contributed by atoms with van der Waals surface area (Å²) in [5, 5.41) is 18.6. The average molecular weight is 355 g/mol. The molecule has 0 spiro atoms. The fourth-order valence-electron chi connectivity index (χ4n) is 2.77. The second-order valence-corrected chi connectivity index (χ2v) is 7.20. The molecule has 7 nitrogen and oxygen atoms in total. The number of benzene rings is 1.